The summed E-state index contributed by atoms with van der Waals surface area (Å²) in [5.74, 6) is 0. The molecule has 0 aliphatic carbocycles. The zero-order valence-corrected chi connectivity index (χ0v) is 9.63. The summed E-state index contributed by atoms with van der Waals surface area (Å²) < 4.78 is 1.14. The second kappa shape index (κ2) is 4.74. The molecule has 0 aromatic heterocycles. The number of hydrogen-bond donors (Lipinski definition) is 1. The highest BCUT2D eigenvalue weighted by Gasteiger charge is 2.05. The third kappa shape index (κ3) is 2.79. The van der Waals surface area contributed by atoms with Crippen molar-refractivity contribution in [3.8, 4) is 0 Å². The maximum absolute atomic E-state index is 5.66. The third-order valence-electron chi connectivity index (χ3n) is 1.91. The third-order valence-corrected chi connectivity index (χ3v) is 2.65. The highest BCUT2D eigenvalue weighted by Crippen LogP contribution is 2.21. The second-order valence-corrected chi connectivity index (χ2v) is 4.17. The molecule has 0 aliphatic rings. The maximum atomic E-state index is 5.66. The lowest BCUT2D eigenvalue weighted by Gasteiger charge is -2.14. The van der Waals surface area contributed by atoms with Crippen LogP contribution in [0.1, 0.15) is 11.1 Å². The van der Waals surface area contributed by atoms with Gasteiger partial charge in [-0.15, -0.1) is 0 Å². The first-order valence-electron chi connectivity index (χ1n) is 4.26. The molecule has 0 unspecified atom stereocenters. The SMILES string of the molecule is CN(C)Cc1c(Br)cccc1CN. The molecule has 2 N–H and O–H groups in total. The summed E-state index contributed by atoms with van der Waals surface area (Å²) in [6.45, 7) is 1.52. The Morgan fingerprint density at radius 1 is 1.38 bits per heavy atom. The molecule has 0 radical (unpaired) electrons. The Morgan fingerprint density at radius 2 is 2.08 bits per heavy atom. The van der Waals surface area contributed by atoms with Crippen molar-refractivity contribution in [1.82, 2.24) is 4.90 Å². The predicted octanol–water partition coefficient (Wildman–Crippen LogP) is 1.97. The van der Waals surface area contributed by atoms with E-state index in [0.717, 1.165) is 11.0 Å². The zero-order valence-electron chi connectivity index (χ0n) is 8.05. The van der Waals surface area contributed by atoms with E-state index < -0.39 is 0 Å². The van der Waals surface area contributed by atoms with Gasteiger partial charge in [0.25, 0.3) is 0 Å². The molecule has 0 atom stereocenters. The molecule has 0 fully saturated rings. The Morgan fingerprint density at radius 3 is 2.62 bits per heavy atom. The molecule has 0 spiro atoms. The zero-order chi connectivity index (χ0) is 9.84. The summed E-state index contributed by atoms with van der Waals surface area (Å²) >= 11 is 3.53. The van der Waals surface area contributed by atoms with Gasteiger partial charge in [-0.25, -0.2) is 0 Å². The van der Waals surface area contributed by atoms with Crippen LogP contribution in [0.25, 0.3) is 0 Å². The first-order valence-corrected chi connectivity index (χ1v) is 5.05. The number of halogens is 1. The van der Waals surface area contributed by atoms with Crippen LogP contribution in [0.3, 0.4) is 0 Å². The molecule has 72 valence electrons. The van der Waals surface area contributed by atoms with Gasteiger partial charge in [0.05, 0.1) is 0 Å². The van der Waals surface area contributed by atoms with Gasteiger partial charge in [-0.3, -0.25) is 0 Å². The monoisotopic (exact) mass is 242 g/mol. The lowest BCUT2D eigenvalue weighted by Crippen LogP contribution is -2.14. The molecule has 1 rings (SSSR count). The largest absolute Gasteiger partial charge is 0.326 e. The van der Waals surface area contributed by atoms with Crippen molar-refractivity contribution in [1.29, 1.82) is 0 Å². The fraction of sp³-hybridized carbons (Fsp3) is 0.400. The van der Waals surface area contributed by atoms with Crippen LogP contribution in [0.5, 0.6) is 0 Å². The summed E-state index contributed by atoms with van der Waals surface area (Å²) in [5, 5.41) is 0. The minimum absolute atomic E-state index is 0.600. The molecule has 0 aliphatic heterocycles. The van der Waals surface area contributed by atoms with E-state index in [1.165, 1.54) is 11.1 Å². The smallest absolute Gasteiger partial charge is 0.0242 e. The van der Waals surface area contributed by atoms with Crippen LogP contribution >= 0.6 is 15.9 Å². The molecule has 2 nitrogen and oxygen atoms in total. The summed E-state index contributed by atoms with van der Waals surface area (Å²) in [4.78, 5) is 2.14. The summed E-state index contributed by atoms with van der Waals surface area (Å²) in [6, 6.07) is 6.15. The minimum atomic E-state index is 0.600. The number of benzene rings is 1. The van der Waals surface area contributed by atoms with Gasteiger partial charge >= 0.3 is 0 Å². The van der Waals surface area contributed by atoms with Crippen molar-refractivity contribution in [2.75, 3.05) is 14.1 Å². The molecule has 0 saturated carbocycles. The first kappa shape index (κ1) is 10.7. The molecule has 0 heterocycles. The van der Waals surface area contributed by atoms with E-state index in [2.05, 4.69) is 47.1 Å². The van der Waals surface area contributed by atoms with Crippen molar-refractivity contribution < 1.29 is 0 Å². The van der Waals surface area contributed by atoms with Crippen LogP contribution in [0.2, 0.25) is 0 Å². The van der Waals surface area contributed by atoms with Gasteiger partial charge < -0.3 is 10.6 Å². The van der Waals surface area contributed by atoms with E-state index >= 15 is 0 Å². The van der Waals surface area contributed by atoms with E-state index in [9.17, 15) is 0 Å². The van der Waals surface area contributed by atoms with Gasteiger partial charge in [-0.1, -0.05) is 28.1 Å². The van der Waals surface area contributed by atoms with Crippen LogP contribution in [0.15, 0.2) is 22.7 Å². The molecular formula is C10H15BrN2. The Kier molecular flexibility index (Phi) is 3.90. The number of nitrogens with zero attached hydrogens (tertiary/aromatic N) is 1. The van der Waals surface area contributed by atoms with Crippen molar-refractivity contribution in [3.63, 3.8) is 0 Å². The molecule has 0 amide bonds. The van der Waals surface area contributed by atoms with E-state index in [1.807, 2.05) is 6.07 Å². The fourth-order valence-corrected chi connectivity index (χ4v) is 1.82. The highest BCUT2D eigenvalue weighted by atomic mass is 79.9. The van der Waals surface area contributed by atoms with Gasteiger partial charge in [-0.2, -0.15) is 0 Å². The average molecular weight is 243 g/mol. The summed E-state index contributed by atoms with van der Waals surface area (Å²) in [7, 11) is 4.11. The first-order chi connectivity index (χ1) is 6.15. The molecule has 0 bridgehead atoms. The molecule has 13 heavy (non-hydrogen) atoms. The van der Waals surface area contributed by atoms with Gasteiger partial charge in [-0.05, 0) is 31.3 Å². The standard InChI is InChI=1S/C10H15BrN2/c1-13(2)7-9-8(6-12)4-3-5-10(9)11/h3-5H,6-7,12H2,1-2H3. The molecule has 1 aromatic carbocycles. The lowest BCUT2D eigenvalue weighted by atomic mass is 10.1. The van der Waals surface area contributed by atoms with Crippen molar-refractivity contribution in [2.24, 2.45) is 5.73 Å². The van der Waals surface area contributed by atoms with Gasteiger partial charge in [0.2, 0.25) is 0 Å². The Hall–Kier alpha value is -0.380. The van der Waals surface area contributed by atoms with E-state index in [-0.39, 0.29) is 0 Å². The maximum Gasteiger partial charge on any atom is 0.0242 e. The Labute approximate surface area is 87.9 Å². The summed E-state index contributed by atoms with van der Waals surface area (Å²) in [5.41, 5.74) is 8.15. The van der Waals surface area contributed by atoms with Crippen molar-refractivity contribution in [2.45, 2.75) is 13.1 Å². The Balaban J connectivity index is 3.00. The van der Waals surface area contributed by atoms with Crippen LogP contribution in [-0.4, -0.2) is 19.0 Å². The predicted molar refractivity (Wildman–Crippen MR) is 59.4 cm³/mol. The molecular weight excluding hydrogens is 228 g/mol. The van der Waals surface area contributed by atoms with Crippen LogP contribution < -0.4 is 5.73 Å². The van der Waals surface area contributed by atoms with Gasteiger partial charge in [0, 0.05) is 17.6 Å². The molecule has 1 aromatic rings. The van der Waals surface area contributed by atoms with E-state index in [1.54, 1.807) is 0 Å². The van der Waals surface area contributed by atoms with Crippen molar-refractivity contribution >= 4 is 15.9 Å². The number of hydrogen-bond acceptors (Lipinski definition) is 2. The fourth-order valence-electron chi connectivity index (χ4n) is 1.29. The normalized spacial score (nSPS) is 10.8. The van der Waals surface area contributed by atoms with Crippen LogP contribution in [0, 0.1) is 0 Å². The number of nitrogens with two attached hydrogens (primary N) is 1. The minimum Gasteiger partial charge on any atom is -0.326 e. The molecule has 0 saturated heterocycles. The molecule has 3 heteroatoms. The van der Waals surface area contributed by atoms with E-state index in [0.29, 0.717) is 6.54 Å². The highest BCUT2D eigenvalue weighted by molar-refractivity contribution is 9.10. The quantitative estimate of drug-likeness (QED) is 0.879. The topological polar surface area (TPSA) is 29.3 Å². The van der Waals surface area contributed by atoms with Gasteiger partial charge in [0.1, 0.15) is 0 Å². The van der Waals surface area contributed by atoms with Crippen molar-refractivity contribution in [3.05, 3.63) is 33.8 Å². The average Bonchev–Trinajstić information content (AvgIpc) is 2.08. The van der Waals surface area contributed by atoms with Crippen LogP contribution in [-0.2, 0) is 13.1 Å². The van der Waals surface area contributed by atoms with Gasteiger partial charge in [0.15, 0.2) is 0 Å². The lowest BCUT2D eigenvalue weighted by molar-refractivity contribution is 0.400. The number of rotatable bonds is 3. The second-order valence-electron chi connectivity index (χ2n) is 3.32. The van der Waals surface area contributed by atoms with E-state index in [4.69, 9.17) is 5.73 Å². The summed E-state index contributed by atoms with van der Waals surface area (Å²) in [6.07, 6.45) is 0. The van der Waals surface area contributed by atoms with Crippen LogP contribution in [0.4, 0.5) is 0 Å². The Bertz CT molecular complexity index is 284.